The van der Waals surface area contributed by atoms with E-state index < -0.39 is 0 Å². The van der Waals surface area contributed by atoms with Gasteiger partial charge < -0.3 is 0 Å². The second kappa shape index (κ2) is 5.45. The lowest BCUT2D eigenvalue weighted by molar-refractivity contribution is 0.931. The first-order chi connectivity index (χ1) is 4.79. The second-order valence-corrected chi connectivity index (χ2v) is 3.22. The summed E-state index contributed by atoms with van der Waals surface area (Å²) in [5.41, 5.74) is 1.31. The van der Waals surface area contributed by atoms with Crippen molar-refractivity contribution in [3.05, 3.63) is 35.9 Å². The molecule has 1 aromatic rings. The highest BCUT2D eigenvalue weighted by atomic mass is 35.5. The molecule has 2 heteroatoms. The summed E-state index contributed by atoms with van der Waals surface area (Å²) in [7, 11) is 0. The quantitative estimate of drug-likeness (QED) is 0.629. The van der Waals surface area contributed by atoms with Crippen LogP contribution >= 0.6 is 24.0 Å². The van der Waals surface area contributed by atoms with E-state index in [2.05, 4.69) is 12.1 Å². The molecule has 1 unspecified atom stereocenters. The number of alkyl halides is 1. The van der Waals surface area contributed by atoms with Crippen LogP contribution in [0.15, 0.2) is 30.3 Å². The molecule has 0 saturated carbocycles. The molecule has 0 fully saturated rings. The molecule has 0 aliphatic heterocycles. The summed E-state index contributed by atoms with van der Waals surface area (Å²) in [6.07, 6.45) is 0.961. The summed E-state index contributed by atoms with van der Waals surface area (Å²) < 4.78 is 0. The SMILES string of the molecule is CC(Cl)Cc1ccccc1.Cl. The van der Waals surface area contributed by atoms with Crippen LogP contribution in [0.3, 0.4) is 0 Å². The molecule has 0 aliphatic rings. The van der Waals surface area contributed by atoms with Crippen molar-refractivity contribution < 1.29 is 0 Å². The van der Waals surface area contributed by atoms with Crippen LogP contribution in [0.2, 0.25) is 0 Å². The van der Waals surface area contributed by atoms with Crippen molar-refractivity contribution in [2.45, 2.75) is 18.7 Å². The third-order valence-corrected chi connectivity index (χ3v) is 1.51. The molecule has 0 aliphatic carbocycles. The fourth-order valence-electron chi connectivity index (χ4n) is 0.939. The molecule has 0 saturated heterocycles. The van der Waals surface area contributed by atoms with Crippen molar-refractivity contribution in [1.29, 1.82) is 0 Å². The molecule has 1 aromatic carbocycles. The zero-order chi connectivity index (χ0) is 7.40. The number of benzene rings is 1. The highest BCUT2D eigenvalue weighted by molar-refractivity contribution is 6.20. The Labute approximate surface area is 79.0 Å². The first kappa shape index (κ1) is 10.8. The molecular formula is C9H12Cl2. The van der Waals surface area contributed by atoms with Crippen molar-refractivity contribution >= 4 is 24.0 Å². The Morgan fingerprint density at radius 1 is 1.27 bits per heavy atom. The fraction of sp³-hybridized carbons (Fsp3) is 0.333. The van der Waals surface area contributed by atoms with Crippen molar-refractivity contribution in [3.8, 4) is 0 Å². The summed E-state index contributed by atoms with van der Waals surface area (Å²) in [5, 5.41) is 0.238. The summed E-state index contributed by atoms with van der Waals surface area (Å²) >= 11 is 5.81. The highest BCUT2D eigenvalue weighted by Crippen LogP contribution is 2.06. The summed E-state index contributed by atoms with van der Waals surface area (Å²) in [6, 6.07) is 10.3. The topological polar surface area (TPSA) is 0 Å². The lowest BCUT2D eigenvalue weighted by Crippen LogP contribution is -1.95. The van der Waals surface area contributed by atoms with Gasteiger partial charge in [-0.25, -0.2) is 0 Å². The van der Waals surface area contributed by atoms with E-state index in [-0.39, 0.29) is 17.8 Å². The first-order valence-corrected chi connectivity index (χ1v) is 3.90. The Hall–Kier alpha value is -0.200. The van der Waals surface area contributed by atoms with E-state index in [1.165, 1.54) is 5.56 Å². The van der Waals surface area contributed by atoms with E-state index in [0.29, 0.717) is 0 Å². The maximum absolute atomic E-state index is 5.81. The van der Waals surface area contributed by atoms with Crippen LogP contribution in [0.5, 0.6) is 0 Å². The predicted molar refractivity (Wildman–Crippen MR) is 52.7 cm³/mol. The van der Waals surface area contributed by atoms with E-state index >= 15 is 0 Å². The Morgan fingerprint density at radius 3 is 2.27 bits per heavy atom. The van der Waals surface area contributed by atoms with E-state index in [1.807, 2.05) is 25.1 Å². The van der Waals surface area contributed by atoms with Gasteiger partial charge in [0.1, 0.15) is 0 Å². The number of hydrogen-bond acceptors (Lipinski definition) is 0. The standard InChI is InChI=1S/C9H11Cl.ClH/c1-8(10)7-9-5-3-2-4-6-9;/h2-6,8H,7H2,1H3;1H. The molecule has 0 radical (unpaired) electrons. The monoisotopic (exact) mass is 190 g/mol. The minimum absolute atomic E-state index is 0. The first-order valence-electron chi connectivity index (χ1n) is 3.47. The Kier molecular flexibility index (Phi) is 5.35. The number of hydrogen-bond donors (Lipinski definition) is 0. The van der Waals surface area contributed by atoms with Gasteiger partial charge in [-0.05, 0) is 18.9 Å². The predicted octanol–water partition coefficient (Wildman–Crippen LogP) is 3.28. The molecule has 0 bridgehead atoms. The van der Waals surface area contributed by atoms with Crippen molar-refractivity contribution in [2.24, 2.45) is 0 Å². The normalized spacial score (nSPS) is 11.8. The molecule has 0 amide bonds. The summed E-state index contributed by atoms with van der Waals surface area (Å²) in [4.78, 5) is 0. The van der Waals surface area contributed by atoms with Crippen molar-refractivity contribution in [2.75, 3.05) is 0 Å². The van der Waals surface area contributed by atoms with Crippen molar-refractivity contribution in [3.63, 3.8) is 0 Å². The zero-order valence-corrected chi connectivity index (χ0v) is 8.03. The van der Waals surface area contributed by atoms with Crippen LogP contribution in [-0.2, 0) is 6.42 Å². The minimum Gasteiger partial charge on any atom is -0.147 e. The van der Waals surface area contributed by atoms with Gasteiger partial charge in [0.2, 0.25) is 0 Å². The van der Waals surface area contributed by atoms with Gasteiger partial charge in [0.05, 0.1) is 0 Å². The Balaban J connectivity index is 0.000001000. The van der Waals surface area contributed by atoms with Gasteiger partial charge in [-0.15, -0.1) is 24.0 Å². The second-order valence-electron chi connectivity index (χ2n) is 2.47. The fourth-order valence-corrected chi connectivity index (χ4v) is 1.12. The molecule has 0 heterocycles. The Morgan fingerprint density at radius 2 is 1.82 bits per heavy atom. The lowest BCUT2D eigenvalue weighted by atomic mass is 10.1. The van der Waals surface area contributed by atoms with Gasteiger partial charge in [0.15, 0.2) is 0 Å². The number of halogens is 2. The van der Waals surface area contributed by atoms with Gasteiger partial charge >= 0.3 is 0 Å². The summed E-state index contributed by atoms with van der Waals surface area (Å²) in [6.45, 7) is 2.01. The van der Waals surface area contributed by atoms with E-state index in [4.69, 9.17) is 11.6 Å². The molecule has 1 atom stereocenters. The molecule has 1 rings (SSSR count). The van der Waals surface area contributed by atoms with Gasteiger partial charge in [0, 0.05) is 5.38 Å². The third-order valence-electron chi connectivity index (χ3n) is 1.36. The van der Waals surface area contributed by atoms with Crippen LogP contribution in [0.4, 0.5) is 0 Å². The van der Waals surface area contributed by atoms with Crippen LogP contribution in [0.25, 0.3) is 0 Å². The van der Waals surface area contributed by atoms with Crippen LogP contribution in [0, 0.1) is 0 Å². The average Bonchev–Trinajstić information content (AvgIpc) is 1.88. The Bertz CT molecular complexity index is 182. The van der Waals surface area contributed by atoms with Crippen LogP contribution < -0.4 is 0 Å². The van der Waals surface area contributed by atoms with Crippen LogP contribution in [0.1, 0.15) is 12.5 Å². The van der Waals surface area contributed by atoms with Gasteiger partial charge in [-0.1, -0.05) is 30.3 Å². The molecule has 11 heavy (non-hydrogen) atoms. The molecule has 62 valence electrons. The maximum Gasteiger partial charge on any atom is 0.0348 e. The lowest BCUT2D eigenvalue weighted by Gasteiger charge is -2.00. The largest absolute Gasteiger partial charge is 0.147 e. The molecular weight excluding hydrogens is 179 g/mol. The minimum atomic E-state index is 0. The van der Waals surface area contributed by atoms with Gasteiger partial charge in [-0.2, -0.15) is 0 Å². The van der Waals surface area contributed by atoms with E-state index in [1.54, 1.807) is 0 Å². The van der Waals surface area contributed by atoms with Crippen molar-refractivity contribution in [1.82, 2.24) is 0 Å². The molecule has 0 nitrogen and oxygen atoms in total. The maximum atomic E-state index is 5.81. The molecule has 0 N–H and O–H groups in total. The van der Waals surface area contributed by atoms with E-state index in [9.17, 15) is 0 Å². The van der Waals surface area contributed by atoms with Gasteiger partial charge in [-0.3, -0.25) is 0 Å². The van der Waals surface area contributed by atoms with E-state index in [0.717, 1.165) is 6.42 Å². The number of rotatable bonds is 2. The molecule has 0 aromatic heterocycles. The van der Waals surface area contributed by atoms with Crippen LogP contribution in [-0.4, -0.2) is 5.38 Å². The molecule has 0 spiro atoms. The highest BCUT2D eigenvalue weighted by Gasteiger charge is 1.96. The van der Waals surface area contributed by atoms with Gasteiger partial charge in [0.25, 0.3) is 0 Å². The summed E-state index contributed by atoms with van der Waals surface area (Å²) in [5.74, 6) is 0. The average molecular weight is 191 g/mol. The smallest absolute Gasteiger partial charge is 0.0348 e. The third kappa shape index (κ3) is 4.28. The zero-order valence-electron chi connectivity index (χ0n) is 6.46.